The fourth-order valence-electron chi connectivity index (χ4n) is 1.47. The molecule has 3 heteroatoms. The number of terminal acetylenes is 1. The van der Waals surface area contributed by atoms with Crippen LogP contribution in [0.4, 0.5) is 5.82 Å². The minimum Gasteiger partial charge on any atom is -0.346 e. The van der Waals surface area contributed by atoms with Gasteiger partial charge in [-0.3, -0.25) is 0 Å². The summed E-state index contributed by atoms with van der Waals surface area (Å²) in [7, 11) is 0. The molecule has 0 saturated heterocycles. The van der Waals surface area contributed by atoms with E-state index in [1.807, 2.05) is 24.0 Å². The predicted molar refractivity (Wildman–Crippen MR) is 63.6 cm³/mol. The Morgan fingerprint density at radius 3 is 2.80 bits per heavy atom. The molecule has 1 rings (SSSR count). The average Bonchev–Trinajstić information content (AvgIpc) is 2.24. The van der Waals surface area contributed by atoms with Crippen molar-refractivity contribution >= 4 is 5.82 Å². The second kappa shape index (κ2) is 5.38. The molecule has 2 N–H and O–H groups in total. The molecule has 3 nitrogen and oxygen atoms in total. The average molecular weight is 203 g/mol. The molecule has 1 aromatic heterocycles. The summed E-state index contributed by atoms with van der Waals surface area (Å²) < 4.78 is 0. The number of anilines is 1. The molecule has 0 radical (unpaired) electrons. The van der Waals surface area contributed by atoms with Gasteiger partial charge in [0.25, 0.3) is 0 Å². The van der Waals surface area contributed by atoms with Crippen LogP contribution in [0.5, 0.6) is 0 Å². The van der Waals surface area contributed by atoms with Crippen LogP contribution >= 0.6 is 0 Å². The van der Waals surface area contributed by atoms with E-state index >= 15 is 0 Å². The molecule has 0 unspecified atom stereocenters. The maximum absolute atomic E-state index is 5.62. The molecule has 80 valence electrons. The SMILES string of the molecule is C#CCN(CC)c1cc(CN)cc(C)n1. The van der Waals surface area contributed by atoms with Crippen LogP contribution in [-0.4, -0.2) is 18.1 Å². The molecule has 0 atom stereocenters. The van der Waals surface area contributed by atoms with E-state index in [1.165, 1.54) is 0 Å². The lowest BCUT2D eigenvalue weighted by molar-refractivity contribution is 0.881. The smallest absolute Gasteiger partial charge is 0.129 e. The molecule has 0 amide bonds. The first-order valence-corrected chi connectivity index (χ1v) is 5.07. The second-order valence-corrected chi connectivity index (χ2v) is 3.40. The van der Waals surface area contributed by atoms with Crippen LogP contribution in [-0.2, 0) is 6.54 Å². The minimum absolute atomic E-state index is 0.532. The highest BCUT2D eigenvalue weighted by Gasteiger charge is 2.05. The number of pyridine rings is 1. The van der Waals surface area contributed by atoms with Gasteiger partial charge in [-0.2, -0.15) is 0 Å². The van der Waals surface area contributed by atoms with Crippen LogP contribution in [0.25, 0.3) is 0 Å². The predicted octanol–water partition coefficient (Wildman–Crippen LogP) is 1.31. The molecule has 0 saturated carbocycles. The minimum atomic E-state index is 0.532. The first-order valence-electron chi connectivity index (χ1n) is 5.07. The van der Waals surface area contributed by atoms with Crippen LogP contribution in [0.1, 0.15) is 18.2 Å². The first kappa shape index (κ1) is 11.5. The molecule has 0 bridgehead atoms. The van der Waals surface area contributed by atoms with E-state index < -0.39 is 0 Å². The number of aryl methyl sites for hydroxylation is 1. The Morgan fingerprint density at radius 1 is 1.53 bits per heavy atom. The number of rotatable bonds is 4. The molecule has 0 fully saturated rings. The van der Waals surface area contributed by atoms with Gasteiger partial charge in [0, 0.05) is 18.8 Å². The Morgan fingerprint density at radius 2 is 2.27 bits per heavy atom. The van der Waals surface area contributed by atoms with Gasteiger partial charge in [-0.15, -0.1) is 6.42 Å². The Balaban J connectivity index is 3.01. The molecule has 0 aliphatic heterocycles. The third kappa shape index (κ3) is 2.97. The van der Waals surface area contributed by atoms with Crippen molar-refractivity contribution in [3.63, 3.8) is 0 Å². The Labute approximate surface area is 91.3 Å². The summed E-state index contributed by atoms with van der Waals surface area (Å²) >= 11 is 0. The maximum Gasteiger partial charge on any atom is 0.129 e. The van der Waals surface area contributed by atoms with Crippen LogP contribution in [0, 0.1) is 19.3 Å². The van der Waals surface area contributed by atoms with Gasteiger partial charge in [0.2, 0.25) is 0 Å². The summed E-state index contributed by atoms with van der Waals surface area (Å²) in [4.78, 5) is 6.49. The summed E-state index contributed by atoms with van der Waals surface area (Å²) in [5.74, 6) is 3.54. The molecule has 1 heterocycles. The molecule has 0 aliphatic rings. The van der Waals surface area contributed by atoms with E-state index in [9.17, 15) is 0 Å². The van der Waals surface area contributed by atoms with Gasteiger partial charge in [-0.25, -0.2) is 4.98 Å². The van der Waals surface area contributed by atoms with Crippen molar-refractivity contribution in [1.29, 1.82) is 0 Å². The normalized spacial score (nSPS) is 9.73. The van der Waals surface area contributed by atoms with Crippen LogP contribution in [0.2, 0.25) is 0 Å². The van der Waals surface area contributed by atoms with Gasteiger partial charge in [-0.1, -0.05) is 5.92 Å². The summed E-state index contributed by atoms with van der Waals surface area (Å²) in [5.41, 5.74) is 7.68. The summed E-state index contributed by atoms with van der Waals surface area (Å²) in [6, 6.07) is 3.99. The summed E-state index contributed by atoms with van der Waals surface area (Å²) in [6.45, 7) is 5.99. The van der Waals surface area contributed by atoms with Crippen molar-refractivity contribution in [3.05, 3.63) is 23.4 Å². The number of nitrogens with two attached hydrogens (primary N) is 1. The monoisotopic (exact) mass is 203 g/mol. The van der Waals surface area contributed by atoms with Crippen LogP contribution < -0.4 is 10.6 Å². The lowest BCUT2D eigenvalue weighted by atomic mass is 10.2. The number of hydrogen-bond donors (Lipinski definition) is 1. The van der Waals surface area contributed by atoms with Gasteiger partial charge in [0.1, 0.15) is 5.82 Å². The summed E-state index contributed by atoms with van der Waals surface area (Å²) in [5, 5.41) is 0. The molecule has 0 aromatic carbocycles. The highest BCUT2D eigenvalue weighted by atomic mass is 15.2. The van der Waals surface area contributed by atoms with E-state index in [0.29, 0.717) is 13.1 Å². The highest BCUT2D eigenvalue weighted by Crippen LogP contribution is 2.14. The molecule has 0 spiro atoms. The highest BCUT2D eigenvalue weighted by molar-refractivity contribution is 5.43. The fourth-order valence-corrected chi connectivity index (χ4v) is 1.47. The maximum atomic E-state index is 5.62. The van der Waals surface area contributed by atoms with E-state index in [1.54, 1.807) is 0 Å². The van der Waals surface area contributed by atoms with Crippen LogP contribution in [0.15, 0.2) is 12.1 Å². The zero-order chi connectivity index (χ0) is 11.3. The van der Waals surface area contributed by atoms with Crippen molar-refractivity contribution < 1.29 is 0 Å². The van der Waals surface area contributed by atoms with Crippen molar-refractivity contribution in [2.45, 2.75) is 20.4 Å². The lowest BCUT2D eigenvalue weighted by Gasteiger charge is -2.20. The zero-order valence-electron chi connectivity index (χ0n) is 9.33. The van der Waals surface area contributed by atoms with E-state index in [4.69, 9.17) is 12.2 Å². The third-order valence-electron chi connectivity index (χ3n) is 2.22. The van der Waals surface area contributed by atoms with Crippen molar-refractivity contribution in [2.75, 3.05) is 18.0 Å². The van der Waals surface area contributed by atoms with Crippen LogP contribution in [0.3, 0.4) is 0 Å². The van der Waals surface area contributed by atoms with Gasteiger partial charge in [0.15, 0.2) is 0 Å². The largest absolute Gasteiger partial charge is 0.346 e. The Bertz CT molecular complexity index is 366. The number of nitrogens with zero attached hydrogens (tertiary/aromatic N) is 2. The third-order valence-corrected chi connectivity index (χ3v) is 2.22. The molecular weight excluding hydrogens is 186 g/mol. The van der Waals surface area contributed by atoms with E-state index in [0.717, 1.165) is 23.6 Å². The number of aromatic nitrogens is 1. The molecule has 15 heavy (non-hydrogen) atoms. The van der Waals surface area contributed by atoms with Gasteiger partial charge in [-0.05, 0) is 31.5 Å². The first-order chi connectivity index (χ1) is 7.21. The fraction of sp³-hybridized carbons (Fsp3) is 0.417. The lowest BCUT2D eigenvalue weighted by Crippen LogP contribution is -2.24. The standard InChI is InChI=1S/C12H17N3/c1-4-6-15(5-2)12-8-11(9-13)7-10(3)14-12/h1,7-8H,5-6,9,13H2,2-3H3. The Kier molecular flexibility index (Phi) is 4.14. The number of hydrogen-bond acceptors (Lipinski definition) is 3. The zero-order valence-corrected chi connectivity index (χ0v) is 9.33. The summed E-state index contributed by atoms with van der Waals surface area (Å²) in [6.07, 6.45) is 5.31. The molecule has 0 aliphatic carbocycles. The van der Waals surface area contributed by atoms with Crippen molar-refractivity contribution in [3.8, 4) is 12.3 Å². The van der Waals surface area contributed by atoms with Gasteiger partial charge < -0.3 is 10.6 Å². The van der Waals surface area contributed by atoms with E-state index in [-0.39, 0.29) is 0 Å². The van der Waals surface area contributed by atoms with E-state index in [2.05, 4.69) is 17.8 Å². The Hall–Kier alpha value is -1.53. The van der Waals surface area contributed by atoms with Gasteiger partial charge in [0.05, 0.1) is 6.54 Å². The quantitative estimate of drug-likeness (QED) is 0.750. The topological polar surface area (TPSA) is 42.1 Å². The second-order valence-electron chi connectivity index (χ2n) is 3.40. The van der Waals surface area contributed by atoms with Gasteiger partial charge >= 0.3 is 0 Å². The van der Waals surface area contributed by atoms with Crippen molar-refractivity contribution in [1.82, 2.24) is 4.98 Å². The molecular formula is C12H17N3. The van der Waals surface area contributed by atoms with Crippen molar-refractivity contribution in [2.24, 2.45) is 5.73 Å². The molecule has 1 aromatic rings.